The number of carbonyl (C=O) groups is 3. The third kappa shape index (κ3) is 4.45. The second kappa shape index (κ2) is 8.60. The van der Waals surface area contributed by atoms with Crippen molar-refractivity contribution >= 4 is 28.4 Å². The molecule has 3 aromatic rings. The Morgan fingerprint density at radius 1 is 1.07 bits per heavy atom. The minimum atomic E-state index is -0.965. The summed E-state index contributed by atoms with van der Waals surface area (Å²) in [6.45, 7) is 2.56. The van der Waals surface area contributed by atoms with Crippen molar-refractivity contribution in [2.45, 2.75) is 20.0 Å². The Bertz CT molecular complexity index is 1070. The summed E-state index contributed by atoms with van der Waals surface area (Å²) in [6.07, 6.45) is 0.641. The predicted octanol–water partition coefficient (Wildman–Crippen LogP) is 3.57. The van der Waals surface area contributed by atoms with Gasteiger partial charge in [-0.05, 0) is 38.1 Å². The van der Waals surface area contributed by atoms with Gasteiger partial charge < -0.3 is 19.2 Å². The normalized spacial score (nSPS) is 11.7. The molecule has 0 aliphatic carbocycles. The minimum Gasteiger partial charge on any atom is -0.493 e. The molecule has 1 atom stereocenters. The lowest BCUT2D eigenvalue weighted by atomic mass is 10.1. The van der Waals surface area contributed by atoms with Crippen molar-refractivity contribution in [3.8, 4) is 11.5 Å². The lowest BCUT2D eigenvalue weighted by Crippen LogP contribution is -2.27. The molecule has 1 aromatic heterocycles. The molecule has 0 saturated heterocycles. The van der Waals surface area contributed by atoms with E-state index >= 15 is 0 Å². The summed E-state index contributed by atoms with van der Waals surface area (Å²) in [6, 6.07) is 12.0. The molecule has 29 heavy (non-hydrogen) atoms. The number of hydrogen-bond acceptors (Lipinski definition) is 6. The number of hydrogen-bond donors (Lipinski definition) is 1. The Balaban J connectivity index is 1.62. The number of rotatable bonds is 8. The number of aromatic nitrogens is 1. The molecule has 0 aliphatic heterocycles. The van der Waals surface area contributed by atoms with Gasteiger partial charge >= 0.3 is 5.97 Å². The standard InChI is InChI=1S/C22H21NO6/c1-13(24)15-8-9-19(20(10-15)27-3)28-12-21(25)29-14(2)22(26)17-11-23-18-7-5-4-6-16(17)18/h4-11,14,23H,12H2,1-3H3/t14-/m1/s1. The quantitative estimate of drug-likeness (QED) is 0.463. The van der Waals surface area contributed by atoms with Crippen LogP contribution in [0.5, 0.6) is 11.5 Å². The molecule has 0 saturated carbocycles. The Morgan fingerprint density at radius 2 is 1.83 bits per heavy atom. The molecule has 1 N–H and O–H groups in total. The molecular formula is C22H21NO6. The Labute approximate surface area is 167 Å². The maximum atomic E-state index is 12.6. The van der Waals surface area contributed by atoms with Gasteiger partial charge in [0.25, 0.3) is 0 Å². The van der Waals surface area contributed by atoms with Gasteiger partial charge in [0.05, 0.1) is 7.11 Å². The summed E-state index contributed by atoms with van der Waals surface area (Å²) in [7, 11) is 1.44. The topological polar surface area (TPSA) is 94.7 Å². The van der Waals surface area contributed by atoms with Gasteiger partial charge in [0.1, 0.15) is 0 Å². The summed E-state index contributed by atoms with van der Waals surface area (Å²) < 4.78 is 15.8. The van der Waals surface area contributed by atoms with Gasteiger partial charge in [0, 0.05) is 28.2 Å². The molecule has 7 nitrogen and oxygen atoms in total. The fourth-order valence-corrected chi connectivity index (χ4v) is 2.92. The highest BCUT2D eigenvalue weighted by molar-refractivity contribution is 6.10. The van der Waals surface area contributed by atoms with Crippen LogP contribution in [0.1, 0.15) is 34.6 Å². The van der Waals surface area contributed by atoms with E-state index in [0.29, 0.717) is 22.6 Å². The van der Waals surface area contributed by atoms with Crippen molar-refractivity contribution in [1.29, 1.82) is 0 Å². The van der Waals surface area contributed by atoms with Crippen molar-refractivity contribution in [3.63, 3.8) is 0 Å². The molecule has 2 aromatic carbocycles. The summed E-state index contributed by atoms with van der Waals surface area (Å²) in [5, 5.41) is 0.770. The van der Waals surface area contributed by atoms with E-state index in [4.69, 9.17) is 14.2 Å². The van der Waals surface area contributed by atoms with E-state index in [1.807, 2.05) is 24.3 Å². The highest BCUT2D eigenvalue weighted by atomic mass is 16.6. The SMILES string of the molecule is COc1cc(C(C)=O)ccc1OCC(=O)O[C@H](C)C(=O)c1c[nH]c2ccccc12. The largest absolute Gasteiger partial charge is 0.493 e. The Kier molecular flexibility index (Phi) is 5.97. The number of para-hydroxylation sites is 1. The summed E-state index contributed by atoms with van der Waals surface area (Å²) in [5.41, 5.74) is 1.76. The van der Waals surface area contributed by atoms with Crippen molar-refractivity contribution in [2.24, 2.45) is 0 Å². The maximum Gasteiger partial charge on any atom is 0.344 e. The number of carbonyl (C=O) groups excluding carboxylic acids is 3. The Hall–Kier alpha value is -3.61. The van der Waals surface area contributed by atoms with Gasteiger partial charge in [-0.2, -0.15) is 0 Å². The molecule has 0 unspecified atom stereocenters. The van der Waals surface area contributed by atoms with Crippen LogP contribution >= 0.6 is 0 Å². The van der Waals surface area contributed by atoms with Gasteiger partial charge in [-0.3, -0.25) is 9.59 Å². The molecular weight excluding hydrogens is 374 g/mol. The fourth-order valence-electron chi connectivity index (χ4n) is 2.92. The first kappa shape index (κ1) is 20.1. The number of esters is 1. The second-order valence-corrected chi connectivity index (χ2v) is 6.45. The van der Waals surface area contributed by atoms with Gasteiger partial charge in [-0.1, -0.05) is 18.2 Å². The highest BCUT2D eigenvalue weighted by Gasteiger charge is 2.22. The number of Topliss-reactive ketones (excluding diaryl/α,β-unsaturated/α-hetero) is 2. The van der Waals surface area contributed by atoms with Crippen LogP contribution in [0, 0.1) is 0 Å². The van der Waals surface area contributed by atoms with Crippen LogP contribution in [0.3, 0.4) is 0 Å². The number of ether oxygens (including phenoxy) is 3. The number of ketones is 2. The predicted molar refractivity (Wildman–Crippen MR) is 107 cm³/mol. The van der Waals surface area contributed by atoms with E-state index in [9.17, 15) is 14.4 Å². The fraction of sp³-hybridized carbons (Fsp3) is 0.227. The van der Waals surface area contributed by atoms with Crippen LogP contribution in [-0.4, -0.2) is 42.3 Å². The number of fused-ring (bicyclic) bond motifs is 1. The number of aromatic amines is 1. The van der Waals surface area contributed by atoms with Crippen LogP contribution < -0.4 is 9.47 Å². The molecule has 0 radical (unpaired) electrons. The van der Waals surface area contributed by atoms with Gasteiger partial charge in [0.15, 0.2) is 30.0 Å². The van der Waals surface area contributed by atoms with E-state index in [1.54, 1.807) is 18.3 Å². The van der Waals surface area contributed by atoms with Crippen LogP contribution in [0.15, 0.2) is 48.7 Å². The molecule has 1 heterocycles. The number of benzene rings is 2. The molecule has 0 aliphatic rings. The van der Waals surface area contributed by atoms with E-state index < -0.39 is 18.7 Å². The Morgan fingerprint density at radius 3 is 2.55 bits per heavy atom. The van der Waals surface area contributed by atoms with Crippen molar-refractivity contribution < 1.29 is 28.6 Å². The van der Waals surface area contributed by atoms with E-state index in [0.717, 1.165) is 10.9 Å². The smallest absolute Gasteiger partial charge is 0.344 e. The third-order valence-electron chi connectivity index (χ3n) is 4.45. The van der Waals surface area contributed by atoms with Crippen LogP contribution in [0.4, 0.5) is 0 Å². The molecule has 7 heteroatoms. The number of methoxy groups -OCH3 is 1. The van der Waals surface area contributed by atoms with Gasteiger partial charge in [-0.15, -0.1) is 0 Å². The van der Waals surface area contributed by atoms with Crippen LogP contribution in [0.25, 0.3) is 10.9 Å². The molecule has 0 bridgehead atoms. The van der Waals surface area contributed by atoms with Crippen molar-refractivity contribution in [1.82, 2.24) is 4.98 Å². The van der Waals surface area contributed by atoms with Crippen molar-refractivity contribution in [3.05, 3.63) is 59.8 Å². The van der Waals surface area contributed by atoms with E-state index in [2.05, 4.69) is 4.98 Å². The first-order valence-electron chi connectivity index (χ1n) is 9.02. The van der Waals surface area contributed by atoms with E-state index in [1.165, 1.54) is 27.0 Å². The van der Waals surface area contributed by atoms with Crippen molar-refractivity contribution in [2.75, 3.05) is 13.7 Å². The first-order chi connectivity index (χ1) is 13.9. The lowest BCUT2D eigenvalue weighted by Gasteiger charge is -2.14. The monoisotopic (exact) mass is 395 g/mol. The molecule has 0 amide bonds. The zero-order valence-corrected chi connectivity index (χ0v) is 16.4. The summed E-state index contributed by atoms with van der Waals surface area (Å²) >= 11 is 0. The summed E-state index contributed by atoms with van der Waals surface area (Å²) in [5.74, 6) is -0.486. The summed E-state index contributed by atoms with van der Waals surface area (Å²) in [4.78, 5) is 39.3. The zero-order chi connectivity index (χ0) is 21.0. The maximum absolute atomic E-state index is 12.6. The third-order valence-corrected chi connectivity index (χ3v) is 4.45. The first-order valence-corrected chi connectivity index (χ1v) is 9.02. The van der Waals surface area contributed by atoms with E-state index in [-0.39, 0.29) is 11.6 Å². The van der Waals surface area contributed by atoms with Crippen LogP contribution in [-0.2, 0) is 9.53 Å². The number of nitrogens with one attached hydrogen (secondary N) is 1. The zero-order valence-electron chi connectivity index (χ0n) is 16.4. The molecule has 0 spiro atoms. The second-order valence-electron chi connectivity index (χ2n) is 6.45. The average molecular weight is 395 g/mol. The molecule has 3 rings (SSSR count). The van der Waals surface area contributed by atoms with Gasteiger partial charge in [0.2, 0.25) is 5.78 Å². The minimum absolute atomic E-state index is 0.112. The van der Waals surface area contributed by atoms with Gasteiger partial charge in [-0.25, -0.2) is 4.79 Å². The lowest BCUT2D eigenvalue weighted by molar-refractivity contribution is -0.148. The molecule has 150 valence electrons. The average Bonchev–Trinajstić information content (AvgIpc) is 3.15. The number of H-pyrrole nitrogens is 1. The molecule has 0 fully saturated rings. The highest BCUT2D eigenvalue weighted by Crippen LogP contribution is 2.28. The van der Waals surface area contributed by atoms with Crippen LogP contribution in [0.2, 0.25) is 0 Å².